The third kappa shape index (κ3) is 2.49. The number of aliphatic hydroxyl groups is 1. The van der Waals surface area contributed by atoms with Gasteiger partial charge in [0.05, 0.1) is 5.56 Å². The summed E-state index contributed by atoms with van der Waals surface area (Å²) in [5, 5.41) is 10.9. The Morgan fingerprint density at radius 2 is 0.515 bits per heavy atom. The summed E-state index contributed by atoms with van der Waals surface area (Å²) in [4.78, 5) is 0. The molecule has 3 aromatic carbocycles. The van der Waals surface area contributed by atoms with E-state index in [9.17, 15) is 62.2 Å². The van der Waals surface area contributed by atoms with Gasteiger partial charge >= 0.3 is 0 Å². The van der Waals surface area contributed by atoms with E-state index in [1.54, 1.807) is 0 Å². The van der Waals surface area contributed by atoms with Crippen molar-refractivity contribution >= 4 is 0 Å². The van der Waals surface area contributed by atoms with Crippen LogP contribution in [0.25, 0.3) is 11.1 Å². The Hall–Kier alpha value is -3.29. The van der Waals surface area contributed by atoms with Crippen LogP contribution in [0.15, 0.2) is 0 Å². The lowest BCUT2D eigenvalue weighted by Gasteiger charge is -2.28. The second kappa shape index (κ2) is 6.85. The molecule has 4 rings (SSSR count). The van der Waals surface area contributed by atoms with E-state index in [0.717, 1.165) is 0 Å². The van der Waals surface area contributed by atoms with Crippen molar-refractivity contribution in [1.29, 1.82) is 0 Å². The molecule has 0 saturated heterocycles. The Kier molecular flexibility index (Phi) is 4.75. The summed E-state index contributed by atoms with van der Waals surface area (Å²) < 4.78 is 183. The minimum absolute atomic E-state index is 2.09. The third-order valence-electron chi connectivity index (χ3n) is 5.08. The molecule has 33 heavy (non-hydrogen) atoms. The maximum atomic E-state index is 14.6. The van der Waals surface area contributed by atoms with Crippen LogP contribution in [0, 0.1) is 75.6 Å². The molecule has 1 N–H and O–H groups in total. The fourth-order valence-corrected chi connectivity index (χ4v) is 3.71. The summed E-state index contributed by atoms with van der Waals surface area (Å²) in [5.41, 5.74) is -16.0. The highest BCUT2D eigenvalue weighted by atomic mass is 19.2. The number of halogens is 13. The molecule has 0 radical (unpaired) electrons. The first kappa shape index (κ1) is 22.9. The molecule has 0 aromatic heterocycles. The van der Waals surface area contributed by atoms with Gasteiger partial charge in [0.25, 0.3) is 0 Å². The maximum Gasteiger partial charge on any atom is 0.200 e. The molecule has 0 amide bonds. The highest BCUT2D eigenvalue weighted by Crippen LogP contribution is 2.57. The first-order valence-corrected chi connectivity index (χ1v) is 8.18. The summed E-state index contributed by atoms with van der Waals surface area (Å²) in [5.74, 6) is -36.9. The Morgan fingerprint density at radius 1 is 0.303 bits per heavy atom. The average Bonchev–Trinajstić information content (AvgIpc) is 3.05. The van der Waals surface area contributed by atoms with Crippen LogP contribution in [0.3, 0.4) is 0 Å². The van der Waals surface area contributed by atoms with Gasteiger partial charge < -0.3 is 5.11 Å². The molecule has 174 valence electrons. The molecule has 1 aliphatic rings. The lowest BCUT2D eigenvalue weighted by Crippen LogP contribution is -2.33. The van der Waals surface area contributed by atoms with Gasteiger partial charge in [0.1, 0.15) is 0 Å². The van der Waals surface area contributed by atoms with Crippen molar-refractivity contribution in [2.75, 3.05) is 0 Å². The van der Waals surface area contributed by atoms with Crippen LogP contribution in [-0.4, -0.2) is 5.11 Å². The van der Waals surface area contributed by atoms with Crippen molar-refractivity contribution in [2.24, 2.45) is 0 Å². The van der Waals surface area contributed by atoms with Crippen LogP contribution in [0.4, 0.5) is 57.1 Å². The number of hydrogen-bond donors (Lipinski definition) is 1. The lowest BCUT2D eigenvalue weighted by atomic mass is 9.82. The van der Waals surface area contributed by atoms with Gasteiger partial charge in [-0.05, 0) is 0 Å². The Morgan fingerprint density at radius 3 is 0.818 bits per heavy atom. The first-order chi connectivity index (χ1) is 15.2. The molecule has 0 saturated carbocycles. The molecular formula is C19HF13O. The van der Waals surface area contributed by atoms with Crippen molar-refractivity contribution in [3.8, 4) is 11.1 Å². The SMILES string of the molecule is OC1(c2c(F)c(F)c(F)c(F)c2F)c2c(F)c(F)c(F)c(F)c2-c2c(F)c(F)c(F)c(F)c21. The predicted molar refractivity (Wildman–Crippen MR) is 79.9 cm³/mol. The number of hydrogen-bond acceptors (Lipinski definition) is 1. The smallest absolute Gasteiger partial charge is 0.200 e. The molecule has 1 nitrogen and oxygen atoms in total. The summed E-state index contributed by atoms with van der Waals surface area (Å²) >= 11 is 0. The van der Waals surface area contributed by atoms with Gasteiger partial charge in [-0.25, -0.2) is 57.1 Å². The van der Waals surface area contributed by atoms with E-state index in [4.69, 9.17) is 0 Å². The van der Waals surface area contributed by atoms with E-state index in [1.807, 2.05) is 0 Å². The second-order valence-corrected chi connectivity index (χ2v) is 6.67. The Bertz CT molecular complexity index is 1310. The topological polar surface area (TPSA) is 20.2 Å². The van der Waals surface area contributed by atoms with Crippen molar-refractivity contribution in [1.82, 2.24) is 0 Å². The second-order valence-electron chi connectivity index (χ2n) is 6.67. The zero-order chi connectivity index (χ0) is 24.9. The standard InChI is InChI=1S/C19HF13O/c20-6-1-2-4(9(23)15(29)13(27)7(2)21)19(33,3(1)8(22)14(28)12(6)26)5-10(24)16(30)18(32)17(31)11(5)25/h33H. The molecule has 0 spiro atoms. The van der Waals surface area contributed by atoms with E-state index >= 15 is 0 Å². The number of rotatable bonds is 1. The zero-order valence-electron chi connectivity index (χ0n) is 14.9. The van der Waals surface area contributed by atoms with Crippen molar-refractivity contribution < 1.29 is 62.2 Å². The van der Waals surface area contributed by atoms with Crippen LogP contribution >= 0.6 is 0 Å². The quantitative estimate of drug-likeness (QED) is 0.260. The largest absolute Gasteiger partial charge is 0.376 e. The molecule has 3 aromatic rings. The highest BCUT2D eigenvalue weighted by Gasteiger charge is 2.56. The molecule has 1 aliphatic carbocycles. The molecule has 0 atom stereocenters. The van der Waals surface area contributed by atoms with Gasteiger partial charge in [0.2, 0.25) is 5.82 Å². The van der Waals surface area contributed by atoms with Crippen molar-refractivity contribution in [3.63, 3.8) is 0 Å². The van der Waals surface area contributed by atoms with E-state index in [-0.39, 0.29) is 0 Å². The van der Waals surface area contributed by atoms with Crippen molar-refractivity contribution in [2.45, 2.75) is 5.60 Å². The molecule has 0 heterocycles. The molecule has 14 heteroatoms. The summed E-state index contributed by atoms with van der Waals surface area (Å²) in [6.45, 7) is 0. The van der Waals surface area contributed by atoms with Crippen LogP contribution in [-0.2, 0) is 5.60 Å². The van der Waals surface area contributed by atoms with Crippen LogP contribution in [0.1, 0.15) is 16.7 Å². The van der Waals surface area contributed by atoms with Crippen LogP contribution < -0.4 is 0 Å². The maximum absolute atomic E-state index is 14.6. The summed E-state index contributed by atoms with van der Waals surface area (Å²) in [7, 11) is 0. The van der Waals surface area contributed by atoms with Gasteiger partial charge in [0, 0.05) is 22.3 Å². The van der Waals surface area contributed by atoms with E-state index < -0.39 is 109 Å². The molecule has 0 unspecified atom stereocenters. The van der Waals surface area contributed by atoms with Gasteiger partial charge in [0.15, 0.2) is 75.4 Å². The fraction of sp³-hybridized carbons (Fsp3) is 0.0526. The minimum atomic E-state index is -4.60. The van der Waals surface area contributed by atoms with Crippen LogP contribution in [0.5, 0.6) is 0 Å². The van der Waals surface area contributed by atoms with Gasteiger partial charge in [-0.2, -0.15) is 0 Å². The minimum Gasteiger partial charge on any atom is -0.376 e. The molecular weight excluding hydrogens is 491 g/mol. The fourth-order valence-electron chi connectivity index (χ4n) is 3.71. The van der Waals surface area contributed by atoms with Gasteiger partial charge in [-0.15, -0.1) is 0 Å². The average molecular weight is 492 g/mol. The van der Waals surface area contributed by atoms with E-state index in [2.05, 4.69) is 0 Å². The molecule has 0 fully saturated rings. The third-order valence-corrected chi connectivity index (χ3v) is 5.08. The Labute approximate surface area is 172 Å². The van der Waals surface area contributed by atoms with Crippen LogP contribution in [0.2, 0.25) is 0 Å². The van der Waals surface area contributed by atoms with Gasteiger partial charge in [-0.1, -0.05) is 0 Å². The highest BCUT2D eigenvalue weighted by molar-refractivity contribution is 5.84. The molecule has 0 aliphatic heterocycles. The summed E-state index contributed by atoms with van der Waals surface area (Å²) in [6, 6.07) is 0. The number of benzene rings is 3. The first-order valence-electron chi connectivity index (χ1n) is 8.18. The summed E-state index contributed by atoms with van der Waals surface area (Å²) in [6.07, 6.45) is 0. The number of fused-ring (bicyclic) bond motifs is 3. The van der Waals surface area contributed by atoms with E-state index in [0.29, 0.717) is 0 Å². The Balaban J connectivity index is 2.39. The zero-order valence-corrected chi connectivity index (χ0v) is 14.9. The van der Waals surface area contributed by atoms with E-state index in [1.165, 1.54) is 0 Å². The predicted octanol–water partition coefficient (Wildman–Crippen LogP) is 5.76. The lowest BCUT2D eigenvalue weighted by molar-refractivity contribution is 0.107. The monoisotopic (exact) mass is 492 g/mol. The van der Waals surface area contributed by atoms with Crippen molar-refractivity contribution in [3.05, 3.63) is 92.3 Å². The normalized spacial score (nSPS) is 14.0. The molecule has 0 bridgehead atoms. The van der Waals surface area contributed by atoms with Gasteiger partial charge in [-0.3, -0.25) is 0 Å².